The van der Waals surface area contributed by atoms with E-state index in [4.69, 9.17) is 4.74 Å². The second-order valence-corrected chi connectivity index (χ2v) is 5.58. The van der Waals surface area contributed by atoms with Gasteiger partial charge in [-0.15, -0.1) is 0 Å². The smallest absolute Gasteiger partial charge is 0.306 e. The van der Waals surface area contributed by atoms with E-state index < -0.39 is 0 Å². The van der Waals surface area contributed by atoms with Crippen LogP contribution in [0.25, 0.3) is 0 Å². The lowest BCUT2D eigenvalue weighted by Crippen LogP contribution is -2.13. The third-order valence-corrected chi connectivity index (χ3v) is 3.94. The highest BCUT2D eigenvalue weighted by Gasteiger charge is 2.44. The quantitative estimate of drug-likeness (QED) is 0.397. The molecule has 0 spiro atoms. The highest BCUT2D eigenvalue weighted by Crippen LogP contribution is 2.51. The molecule has 0 aromatic carbocycles. The van der Waals surface area contributed by atoms with Crippen LogP contribution in [-0.4, -0.2) is 24.6 Å². The minimum atomic E-state index is -0.0599. The summed E-state index contributed by atoms with van der Waals surface area (Å²) in [5, 5.41) is 0. The van der Waals surface area contributed by atoms with Crippen LogP contribution >= 0.6 is 11.8 Å². The van der Waals surface area contributed by atoms with E-state index in [2.05, 4.69) is 19.9 Å². The number of methoxy groups -OCH3 is 1. The molecule has 0 unspecified atom stereocenters. The van der Waals surface area contributed by atoms with Crippen molar-refractivity contribution in [2.45, 2.75) is 33.1 Å². The molecule has 0 N–H and O–H groups in total. The van der Waals surface area contributed by atoms with Gasteiger partial charge in [0, 0.05) is 5.75 Å². The number of carbonyl (C=O) groups excluding carboxylic acids is 1. The molecule has 15 heavy (non-hydrogen) atoms. The predicted octanol–water partition coefficient (Wildman–Crippen LogP) is 3.03. The fraction of sp³-hybridized carbons (Fsp3) is 0.750. The van der Waals surface area contributed by atoms with Crippen LogP contribution in [0.5, 0.6) is 0 Å². The molecule has 0 heterocycles. The molecule has 1 aliphatic carbocycles. The first-order chi connectivity index (χ1) is 7.08. The van der Waals surface area contributed by atoms with Crippen molar-refractivity contribution in [3.63, 3.8) is 0 Å². The van der Waals surface area contributed by atoms with Crippen molar-refractivity contribution in [3.8, 4) is 0 Å². The molecule has 0 radical (unpaired) electrons. The van der Waals surface area contributed by atoms with Crippen molar-refractivity contribution in [1.82, 2.24) is 0 Å². The van der Waals surface area contributed by atoms with E-state index >= 15 is 0 Å². The van der Waals surface area contributed by atoms with Gasteiger partial charge in [-0.05, 0) is 37.9 Å². The van der Waals surface area contributed by atoms with Crippen molar-refractivity contribution >= 4 is 17.7 Å². The van der Waals surface area contributed by atoms with E-state index in [-0.39, 0.29) is 11.4 Å². The minimum absolute atomic E-state index is 0.0599. The number of carbonyl (C=O) groups is 1. The third kappa shape index (κ3) is 4.74. The van der Waals surface area contributed by atoms with Gasteiger partial charge >= 0.3 is 5.97 Å². The molecule has 0 amide bonds. The van der Waals surface area contributed by atoms with Crippen molar-refractivity contribution < 1.29 is 9.53 Å². The van der Waals surface area contributed by atoms with E-state index in [1.54, 1.807) is 0 Å². The fourth-order valence-corrected chi connectivity index (χ4v) is 2.82. The zero-order valence-corrected chi connectivity index (χ0v) is 10.7. The summed E-state index contributed by atoms with van der Waals surface area (Å²) in [7, 11) is 1.47. The molecule has 1 aliphatic rings. The summed E-state index contributed by atoms with van der Waals surface area (Å²) >= 11 is 1.92. The molecule has 0 aromatic heterocycles. The lowest BCUT2D eigenvalue weighted by atomic mass is 10.1. The van der Waals surface area contributed by atoms with Crippen LogP contribution in [0.3, 0.4) is 0 Å². The highest BCUT2D eigenvalue weighted by atomic mass is 32.2. The van der Waals surface area contributed by atoms with Gasteiger partial charge in [-0.2, -0.15) is 11.8 Å². The molecule has 3 heteroatoms. The molecule has 0 bridgehead atoms. The third-order valence-electron chi connectivity index (χ3n) is 2.72. The normalized spacial score (nSPS) is 17.0. The van der Waals surface area contributed by atoms with Crippen LogP contribution in [0.2, 0.25) is 0 Å². The van der Waals surface area contributed by atoms with E-state index in [1.807, 2.05) is 11.8 Å². The van der Waals surface area contributed by atoms with Gasteiger partial charge in [-0.3, -0.25) is 4.79 Å². The summed E-state index contributed by atoms with van der Waals surface area (Å²) < 4.78 is 4.71. The van der Waals surface area contributed by atoms with Gasteiger partial charge in [0.2, 0.25) is 0 Å². The van der Waals surface area contributed by atoms with E-state index in [0.29, 0.717) is 6.42 Å². The molecule has 0 aromatic rings. The number of thioether (sulfide) groups is 1. The Kier molecular flexibility index (Phi) is 4.71. The maximum Gasteiger partial charge on any atom is 0.306 e. The average molecular weight is 228 g/mol. The molecule has 86 valence electrons. The van der Waals surface area contributed by atoms with Gasteiger partial charge in [0.05, 0.1) is 13.5 Å². The highest BCUT2D eigenvalue weighted by molar-refractivity contribution is 7.99. The van der Waals surface area contributed by atoms with E-state index in [1.165, 1.54) is 25.5 Å². The average Bonchev–Trinajstić information content (AvgIpc) is 2.93. The van der Waals surface area contributed by atoms with Crippen molar-refractivity contribution in [3.05, 3.63) is 11.6 Å². The van der Waals surface area contributed by atoms with Gasteiger partial charge in [-0.25, -0.2) is 0 Å². The Balaban J connectivity index is 2.20. The van der Waals surface area contributed by atoms with Crippen molar-refractivity contribution in [2.75, 3.05) is 18.6 Å². The van der Waals surface area contributed by atoms with Gasteiger partial charge in [0.15, 0.2) is 0 Å². The molecular weight excluding hydrogens is 208 g/mol. The summed E-state index contributed by atoms with van der Waals surface area (Å²) in [6, 6.07) is 0. The molecule has 0 aliphatic heterocycles. The molecule has 2 nitrogen and oxygen atoms in total. The SMILES string of the molecule is COC(=O)CC1(CSCC=C(C)C)CC1. The number of esters is 1. The van der Waals surface area contributed by atoms with Crippen molar-refractivity contribution in [1.29, 1.82) is 0 Å². The van der Waals surface area contributed by atoms with Crippen LogP contribution in [0, 0.1) is 5.41 Å². The van der Waals surface area contributed by atoms with Gasteiger partial charge in [-0.1, -0.05) is 11.6 Å². The van der Waals surface area contributed by atoms with Gasteiger partial charge in [0.1, 0.15) is 0 Å². The molecule has 0 saturated heterocycles. The Labute approximate surface area is 96.5 Å². The maximum absolute atomic E-state index is 11.2. The van der Waals surface area contributed by atoms with Crippen LogP contribution in [0.4, 0.5) is 0 Å². The summed E-state index contributed by atoms with van der Waals surface area (Å²) in [5.41, 5.74) is 1.63. The fourth-order valence-electron chi connectivity index (χ4n) is 1.43. The lowest BCUT2D eigenvalue weighted by Gasteiger charge is -2.12. The molecule has 1 saturated carbocycles. The Hall–Kier alpha value is -0.440. The van der Waals surface area contributed by atoms with E-state index in [0.717, 1.165) is 11.5 Å². The monoisotopic (exact) mass is 228 g/mol. The number of allylic oxidation sites excluding steroid dienone is 1. The Morgan fingerprint density at radius 2 is 2.13 bits per heavy atom. The van der Waals surface area contributed by atoms with Crippen LogP contribution in [-0.2, 0) is 9.53 Å². The molecular formula is C12H20O2S. The predicted molar refractivity (Wildman–Crippen MR) is 65.1 cm³/mol. The summed E-state index contributed by atoms with van der Waals surface area (Å²) in [6.45, 7) is 4.23. The zero-order chi connectivity index (χ0) is 11.3. The number of hydrogen-bond donors (Lipinski definition) is 0. The van der Waals surface area contributed by atoms with Gasteiger partial charge in [0.25, 0.3) is 0 Å². The number of ether oxygens (including phenoxy) is 1. The minimum Gasteiger partial charge on any atom is -0.469 e. The summed E-state index contributed by atoms with van der Waals surface area (Å²) in [4.78, 5) is 11.2. The van der Waals surface area contributed by atoms with Crippen LogP contribution in [0.15, 0.2) is 11.6 Å². The summed E-state index contributed by atoms with van der Waals surface area (Å²) in [6.07, 6.45) is 5.21. The largest absolute Gasteiger partial charge is 0.469 e. The standard InChI is InChI=1S/C12H20O2S/c1-10(2)4-7-15-9-12(5-6-12)8-11(13)14-3/h4H,5-9H2,1-3H3. The van der Waals surface area contributed by atoms with Crippen LogP contribution in [0.1, 0.15) is 33.1 Å². The summed E-state index contributed by atoms with van der Waals surface area (Å²) in [5.74, 6) is 2.09. The Morgan fingerprint density at radius 1 is 1.47 bits per heavy atom. The number of rotatable bonds is 6. The zero-order valence-electron chi connectivity index (χ0n) is 9.84. The lowest BCUT2D eigenvalue weighted by molar-refractivity contribution is -0.141. The first kappa shape index (κ1) is 12.6. The topological polar surface area (TPSA) is 26.3 Å². The molecule has 1 rings (SSSR count). The second kappa shape index (κ2) is 5.59. The first-order valence-electron chi connectivity index (χ1n) is 5.36. The molecule has 1 fully saturated rings. The maximum atomic E-state index is 11.2. The molecule has 0 atom stereocenters. The number of hydrogen-bond acceptors (Lipinski definition) is 3. The van der Waals surface area contributed by atoms with E-state index in [9.17, 15) is 4.79 Å². The van der Waals surface area contributed by atoms with Crippen LogP contribution < -0.4 is 0 Å². The Morgan fingerprint density at radius 3 is 2.60 bits per heavy atom. The Bertz CT molecular complexity index is 250. The van der Waals surface area contributed by atoms with Gasteiger partial charge < -0.3 is 4.74 Å². The first-order valence-corrected chi connectivity index (χ1v) is 6.51. The second-order valence-electron chi connectivity index (χ2n) is 4.55. The van der Waals surface area contributed by atoms with Crippen molar-refractivity contribution in [2.24, 2.45) is 5.41 Å².